The molecule has 0 radical (unpaired) electrons. The fourth-order valence-corrected chi connectivity index (χ4v) is 5.44. The van der Waals surface area contributed by atoms with E-state index in [1.165, 1.54) is 44.3 Å². The second kappa shape index (κ2) is 10.4. The topological polar surface area (TPSA) is 63.3 Å². The summed E-state index contributed by atoms with van der Waals surface area (Å²) in [6.45, 7) is 6.71. The molecule has 0 spiro atoms. The zero-order valence-electron chi connectivity index (χ0n) is 19.9. The Hall–Kier alpha value is -2.57. The molecule has 5 rings (SSSR count). The van der Waals surface area contributed by atoms with Crippen molar-refractivity contribution in [3.63, 3.8) is 0 Å². The molecular formula is C27H33ClN4O2. The number of aromatic nitrogens is 2. The zero-order chi connectivity index (χ0) is 23.5. The lowest BCUT2D eigenvalue weighted by Gasteiger charge is -2.19. The molecule has 1 saturated heterocycles. The van der Waals surface area contributed by atoms with Crippen LogP contribution in [0.4, 0.5) is 0 Å². The van der Waals surface area contributed by atoms with E-state index in [-0.39, 0.29) is 5.91 Å². The molecule has 1 amide bonds. The highest BCUT2D eigenvalue weighted by Gasteiger charge is 2.29. The van der Waals surface area contributed by atoms with Crippen LogP contribution in [0.5, 0.6) is 0 Å². The second-order valence-corrected chi connectivity index (χ2v) is 9.99. The van der Waals surface area contributed by atoms with E-state index in [1.54, 1.807) is 0 Å². The highest BCUT2D eigenvalue weighted by atomic mass is 35.5. The van der Waals surface area contributed by atoms with Gasteiger partial charge in [0.05, 0.1) is 12.2 Å². The third kappa shape index (κ3) is 5.08. The van der Waals surface area contributed by atoms with Crippen LogP contribution in [0.15, 0.2) is 34.9 Å². The maximum atomic E-state index is 12.9. The molecule has 1 aliphatic carbocycles. The predicted molar refractivity (Wildman–Crippen MR) is 134 cm³/mol. The van der Waals surface area contributed by atoms with Crippen molar-refractivity contribution in [2.24, 2.45) is 0 Å². The SMILES string of the molecule is Cc1c(C(=O)NCCCN2CCCCCC2)oc2c1-c1nn(Cc3cccc(Cl)c3)cc1CC2. The lowest BCUT2D eigenvalue weighted by Crippen LogP contribution is -2.30. The van der Waals surface area contributed by atoms with E-state index < -0.39 is 0 Å². The van der Waals surface area contributed by atoms with Crippen molar-refractivity contribution in [3.8, 4) is 11.3 Å². The van der Waals surface area contributed by atoms with E-state index in [1.807, 2.05) is 29.8 Å². The Morgan fingerprint density at radius 2 is 2.00 bits per heavy atom. The average Bonchev–Trinajstić information content (AvgIpc) is 3.26. The van der Waals surface area contributed by atoms with Crippen LogP contribution < -0.4 is 5.32 Å². The molecule has 0 atom stereocenters. The van der Waals surface area contributed by atoms with E-state index in [4.69, 9.17) is 21.1 Å². The van der Waals surface area contributed by atoms with E-state index in [0.29, 0.717) is 18.8 Å². The lowest BCUT2D eigenvalue weighted by molar-refractivity contribution is 0.0921. The highest BCUT2D eigenvalue weighted by molar-refractivity contribution is 6.30. The van der Waals surface area contributed by atoms with Gasteiger partial charge in [0.25, 0.3) is 5.91 Å². The first-order chi connectivity index (χ1) is 16.6. The standard InChI is InChI=1S/C27H33ClN4O2/c1-19-24-23(34-26(19)27(33)29-12-7-15-31-13-4-2-3-5-14-31)11-10-21-18-32(30-25(21)24)17-20-8-6-9-22(28)16-20/h6,8-9,16,18H,2-5,7,10-15,17H2,1H3,(H,29,33). The number of hydrogen-bond acceptors (Lipinski definition) is 4. The van der Waals surface area contributed by atoms with E-state index in [0.717, 1.165) is 59.0 Å². The third-order valence-electron chi connectivity index (χ3n) is 6.99. The molecule has 34 heavy (non-hydrogen) atoms. The number of amides is 1. The lowest BCUT2D eigenvalue weighted by atomic mass is 9.93. The van der Waals surface area contributed by atoms with Crippen molar-refractivity contribution < 1.29 is 9.21 Å². The minimum Gasteiger partial charge on any atom is -0.455 e. The predicted octanol–water partition coefficient (Wildman–Crippen LogP) is 5.25. The Labute approximate surface area is 206 Å². The third-order valence-corrected chi connectivity index (χ3v) is 7.23. The number of likely N-dealkylation sites (tertiary alicyclic amines) is 1. The summed E-state index contributed by atoms with van der Waals surface area (Å²) in [4.78, 5) is 15.4. The van der Waals surface area contributed by atoms with Crippen LogP contribution >= 0.6 is 11.6 Å². The maximum Gasteiger partial charge on any atom is 0.287 e. The first kappa shape index (κ1) is 23.2. The smallest absolute Gasteiger partial charge is 0.287 e. The van der Waals surface area contributed by atoms with Crippen LogP contribution in [0.25, 0.3) is 11.3 Å². The molecule has 6 nitrogen and oxygen atoms in total. The number of halogens is 1. The molecule has 1 aromatic carbocycles. The normalized spacial score (nSPS) is 16.1. The summed E-state index contributed by atoms with van der Waals surface area (Å²) < 4.78 is 8.03. The molecule has 2 aromatic heterocycles. The van der Waals surface area contributed by atoms with Gasteiger partial charge in [-0.3, -0.25) is 9.48 Å². The molecule has 0 saturated carbocycles. The molecular weight excluding hydrogens is 448 g/mol. The number of furan rings is 1. The summed E-state index contributed by atoms with van der Waals surface area (Å²) in [6.07, 6.45) is 9.99. The fraction of sp³-hybridized carbons (Fsp3) is 0.481. The Balaban J connectivity index is 1.24. The van der Waals surface area contributed by atoms with Gasteiger partial charge in [0.15, 0.2) is 5.76 Å². The van der Waals surface area contributed by atoms with Gasteiger partial charge in [-0.15, -0.1) is 0 Å². The van der Waals surface area contributed by atoms with Crippen molar-refractivity contribution in [1.82, 2.24) is 20.0 Å². The monoisotopic (exact) mass is 480 g/mol. The number of benzene rings is 1. The van der Waals surface area contributed by atoms with Gasteiger partial charge in [-0.2, -0.15) is 5.10 Å². The minimum atomic E-state index is -0.123. The summed E-state index contributed by atoms with van der Waals surface area (Å²) in [7, 11) is 0. The number of aryl methyl sites for hydroxylation is 2. The molecule has 1 aliphatic heterocycles. The van der Waals surface area contributed by atoms with Gasteiger partial charge < -0.3 is 14.6 Å². The van der Waals surface area contributed by atoms with Gasteiger partial charge >= 0.3 is 0 Å². The van der Waals surface area contributed by atoms with Crippen molar-refractivity contribution >= 4 is 17.5 Å². The van der Waals surface area contributed by atoms with Crippen LogP contribution in [0, 0.1) is 6.92 Å². The van der Waals surface area contributed by atoms with Crippen molar-refractivity contribution in [3.05, 3.63) is 63.7 Å². The quantitative estimate of drug-likeness (QED) is 0.469. The number of hydrogen-bond donors (Lipinski definition) is 1. The average molecular weight is 481 g/mol. The Bertz CT molecular complexity index is 1160. The molecule has 3 aromatic rings. The molecule has 1 fully saturated rings. The Morgan fingerprint density at radius 3 is 2.79 bits per heavy atom. The molecule has 3 heterocycles. The first-order valence-corrected chi connectivity index (χ1v) is 12.9. The number of fused-ring (bicyclic) bond motifs is 3. The largest absolute Gasteiger partial charge is 0.455 e. The van der Waals surface area contributed by atoms with Crippen LogP contribution in [0.1, 0.15) is 65.1 Å². The van der Waals surface area contributed by atoms with E-state index >= 15 is 0 Å². The number of carbonyl (C=O) groups excluding carboxylic acids is 1. The van der Waals surface area contributed by atoms with Crippen molar-refractivity contribution in [1.29, 1.82) is 0 Å². The maximum absolute atomic E-state index is 12.9. The fourth-order valence-electron chi connectivity index (χ4n) is 5.23. The first-order valence-electron chi connectivity index (χ1n) is 12.5. The van der Waals surface area contributed by atoms with Gasteiger partial charge in [0, 0.05) is 35.3 Å². The van der Waals surface area contributed by atoms with Crippen LogP contribution in [-0.2, 0) is 19.4 Å². The van der Waals surface area contributed by atoms with Crippen molar-refractivity contribution in [2.75, 3.05) is 26.2 Å². The number of nitrogens with one attached hydrogen (secondary N) is 1. The summed E-state index contributed by atoms with van der Waals surface area (Å²) in [5, 5.41) is 8.66. The van der Waals surface area contributed by atoms with Crippen molar-refractivity contribution in [2.45, 2.75) is 58.4 Å². The summed E-state index contributed by atoms with van der Waals surface area (Å²) in [5.74, 6) is 1.17. The van der Waals surface area contributed by atoms with Crippen LogP contribution in [0.3, 0.4) is 0 Å². The molecule has 7 heteroatoms. The van der Waals surface area contributed by atoms with Gasteiger partial charge in [-0.25, -0.2) is 0 Å². The van der Waals surface area contributed by atoms with Gasteiger partial charge in [0.2, 0.25) is 0 Å². The molecule has 2 aliphatic rings. The molecule has 1 N–H and O–H groups in total. The zero-order valence-corrected chi connectivity index (χ0v) is 20.7. The molecule has 180 valence electrons. The number of carbonyl (C=O) groups is 1. The molecule has 0 unspecified atom stereocenters. The summed E-state index contributed by atoms with van der Waals surface area (Å²) in [5.41, 5.74) is 5.11. The second-order valence-electron chi connectivity index (χ2n) is 9.55. The van der Waals surface area contributed by atoms with E-state index in [2.05, 4.69) is 22.5 Å². The number of rotatable bonds is 7. The van der Waals surface area contributed by atoms with Crippen LogP contribution in [-0.4, -0.2) is 46.8 Å². The highest BCUT2D eigenvalue weighted by Crippen LogP contribution is 2.38. The minimum absolute atomic E-state index is 0.123. The Kier molecular flexibility index (Phi) is 7.07. The van der Waals surface area contributed by atoms with Gasteiger partial charge in [-0.1, -0.05) is 36.6 Å². The van der Waals surface area contributed by atoms with Gasteiger partial charge in [0.1, 0.15) is 5.76 Å². The van der Waals surface area contributed by atoms with Crippen LogP contribution in [0.2, 0.25) is 5.02 Å². The Morgan fingerprint density at radius 1 is 1.18 bits per heavy atom. The molecule has 0 bridgehead atoms. The number of nitrogens with zero attached hydrogens (tertiary/aromatic N) is 3. The van der Waals surface area contributed by atoms with E-state index in [9.17, 15) is 4.79 Å². The summed E-state index contributed by atoms with van der Waals surface area (Å²) >= 11 is 6.14. The van der Waals surface area contributed by atoms with Gasteiger partial charge in [-0.05, 0) is 75.5 Å². The summed E-state index contributed by atoms with van der Waals surface area (Å²) in [6, 6.07) is 7.85.